The number of carbonyl (C=O) groups excluding carboxylic acids is 1. The van der Waals surface area contributed by atoms with Gasteiger partial charge >= 0.3 is 0 Å². The van der Waals surface area contributed by atoms with Crippen molar-refractivity contribution >= 4 is 17.3 Å². The molecule has 0 bridgehead atoms. The molecule has 1 heterocycles. The minimum Gasteiger partial charge on any atom is -0.374 e. The predicted octanol–water partition coefficient (Wildman–Crippen LogP) is 3.14. The molecule has 4 heteroatoms. The molecule has 24 heavy (non-hydrogen) atoms. The van der Waals surface area contributed by atoms with Crippen LogP contribution in [0.5, 0.6) is 0 Å². The van der Waals surface area contributed by atoms with Crippen LogP contribution in [0.15, 0.2) is 54.6 Å². The molecule has 0 saturated carbocycles. The molecule has 1 aliphatic heterocycles. The van der Waals surface area contributed by atoms with E-state index in [4.69, 9.17) is 0 Å². The Morgan fingerprint density at radius 1 is 1.00 bits per heavy atom. The van der Waals surface area contributed by atoms with Crippen molar-refractivity contribution in [3.63, 3.8) is 0 Å². The molecular formula is C20H25N3O. The molecule has 126 valence electrons. The number of nitrogens with zero attached hydrogens (tertiary/aromatic N) is 2. The van der Waals surface area contributed by atoms with E-state index in [9.17, 15) is 4.79 Å². The van der Waals surface area contributed by atoms with E-state index < -0.39 is 0 Å². The zero-order valence-corrected chi connectivity index (χ0v) is 14.4. The molecule has 1 N–H and O–H groups in total. The smallest absolute Gasteiger partial charge is 0.244 e. The highest BCUT2D eigenvalue weighted by Gasteiger charge is 2.24. The third-order valence-corrected chi connectivity index (χ3v) is 4.48. The number of piperazine rings is 1. The van der Waals surface area contributed by atoms with Crippen molar-refractivity contribution in [2.45, 2.75) is 19.9 Å². The van der Waals surface area contributed by atoms with E-state index in [1.165, 1.54) is 11.3 Å². The molecule has 1 amide bonds. The van der Waals surface area contributed by atoms with Crippen LogP contribution in [0.3, 0.4) is 0 Å². The molecule has 2 aromatic rings. The van der Waals surface area contributed by atoms with Crippen LogP contribution in [0.4, 0.5) is 11.4 Å². The number of aryl methyl sites for hydroxylation is 1. The van der Waals surface area contributed by atoms with Crippen LogP contribution < -0.4 is 10.2 Å². The van der Waals surface area contributed by atoms with Gasteiger partial charge in [0, 0.05) is 37.6 Å². The van der Waals surface area contributed by atoms with E-state index in [0.29, 0.717) is 0 Å². The zero-order valence-electron chi connectivity index (χ0n) is 14.4. The Bertz CT molecular complexity index is 678. The molecule has 0 radical (unpaired) electrons. The van der Waals surface area contributed by atoms with E-state index in [2.05, 4.69) is 53.5 Å². The van der Waals surface area contributed by atoms with Gasteiger partial charge in [-0.25, -0.2) is 0 Å². The fraction of sp³-hybridized carbons (Fsp3) is 0.350. The summed E-state index contributed by atoms with van der Waals surface area (Å²) in [6.07, 6.45) is 0. The van der Waals surface area contributed by atoms with Crippen molar-refractivity contribution in [1.29, 1.82) is 0 Å². The molecule has 1 unspecified atom stereocenters. The second-order valence-electron chi connectivity index (χ2n) is 6.38. The maximum absolute atomic E-state index is 12.7. The molecule has 1 fully saturated rings. The van der Waals surface area contributed by atoms with Gasteiger partial charge in [0.2, 0.25) is 5.91 Å². The maximum Gasteiger partial charge on any atom is 0.244 e. The fourth-order valence-corrected chi connectivity index (χ4v) is 3.14. The van der Waals surface area contributed by atoms with Crippen LogP contribution in [0, 0.1) is 6.92 Å². The minimum absolute atomic E-state index is 0.171. The molecule has 1 aliphatic rings. The lowest BCUT2D eigenvalue weighted by Crippen LogP contribution is -2.52. The second kappa shape index (κ2) is 7.39. The van der Waals surface area contributed by atoms with Gasteiger partial charge in [-0.3, -0.25) is 4.79 Å². The van der Waals surface area contributed by atoms with Crippen LogP contribution in [0.25, 0.3) is 0 Å². The zero-order chi connectivity index (χ0) is 16.9. The highest BCUT2D eigenvalue weighted by molar-refractivity contribution is 5.84. The number of para-hydroxylation sites is 1. The highest BCUT2D eigenvalue weighted by Crippen LogP contribution is 2.17. The van der Waals surface area contributed by atoms with Crippen molar-refractivity contribution in [3.8, 4) is 0 Å². The molecule has 3 rings (SSSR count). The Morgan fingerprint density at radius 3 is 2.38 bits per heavy atom. The molecule has 1 saturated heterocycles. The summed E-state index contributed by atoms with van der Waals surface area (Å²) < 4.78 is 0. The lowest BCUT2D eigenvalue weighted by atomic mass is 10.2. The first-order chi connectivity index (χ1) is 11.6. The molecule has 1 atom stereocenters. The first kappa shape index (κ1) is 16.4. The molecule has 0 spiro atoms. The Labute approximate surface area is 144 Å². The Kier molecular flexibility index (Phi) is 5.04. The van der Waals surface area contributed by atoms with Gasteiger partial charge < -0.3 is 15.1 Å². The highest BCUT2D eigenvalue weighted by atomic mass is 16.2. The fourth-order valence-electron chi connectivity index (χ4n) is 3.14. The number of anilines is 2. The van der Waals surface area contributed by atoms with Crippen LogP contribution in [-0.4, -0.2) is 43.0 Å². The summed E-state index contributed by atoms with van der Waals surface area (Å²) in [7, 11) is 0. The van der Waals surface area contributed by atoms with E-state index in [1.54, 1.807) is 0 Å². The summed E-state index contributed by atoms with van der Waals surface area (Å²) in [5.41, 5.74) is 3.42. The van der Waals surface area contributed by atoms with Crippen LogP contribution in [0.2, 0.25) is 0 Å². The van der Waals surface area contributed by atoms with Crippen molar-refractivity contribution < 1.29 is 4.79 Å². The third-order valence-electron chi connectivity index (χ3n) is 4.48. The van der Waals surface area contributed by atoms with Crippen LogP contribution in [0.1, 0.15) is 12.5 Å². The summed E-state index contributed by atoms with van der Waals surface area (Å²) in [4.78, 5) is 17.0. The average molecular weight is 323 g/mol. The Morgan fingerprint density at radius 2 is 1.71 bits per heavy atom. The number of benzene rings is 2. The second-order valence-corrected chi connectivity index (χ2v) is 6.38. The van der Waals surface area contributed by atoms with Gasteiger partial charge in [0.1, 0.15) is 6.04 Å². The van der Waals surface area contributed by atoms with Gasteiger partial charge in [0.05, 0.1) is 0 Å². The SMILES string of the molecule is Cc1cccc(NC(C)C(=O)N2CCN(c3ccccc3)CC2)c1. The van der Waals surface area contributed by atoms with Gasteiger partial charge in [0.15, 0.2) is 0 Å². The number of carbonyl (C=O) groups is 1. The average Bonchev–Trinajstić information content (AvgIpc) is 2.62. The van der Waals surface area contributed by atoms with E-state index in [0.717, 1.165) is 31.9 Å². The van der Waals surface area contributed by atoms with Gasteiger partial charge in [-0.2, -0.15) is 0 Å². The van der Waals surface area contributed by atoms with Crippen molar-refractivity contribution in [3.05, 3.63) is 60.2 Å². The van der Waals surface area contributed by atoms with Gasteiger partial charge in [0.25, 0.3) is 0 Å². The van der Waals surface area contributed by atoms with Gasteiger partial charge in [-0.1, -0.05) is 30.3 Å². The topological polar surface area (TPSA) is 35.6 Å². The summed E-state index contributed by atoms with van der Waals surface area (Å²) in [6, 6.07) is 18.3. The van der Waals surface area contributed by atoms with Gasteiger partial charge in [-0.05, 0) is 43.7 Å². The van der Waals surface area contributed by atoms with Crippen molar-refractivity contribution in [1.82, 2.24) is 4.90 Å². The number of amides is 1. The Balaban J connectivity index is 1.55. The summed E-state index contributed by atoms with van der Waals surface area (Å²) in [5, 5.41) is 3.32. The van der Waals surface area contributed by atoms with E-state index in [1.807, 2.05) is 30.0 Å². The summed E-state index contributed by atoms with van der Waals surface area (Å²) >= 11 is 0. The van der Waals surface area contributed by atoms with Crippen LogP contribution in [-0.2, 0) is 4.79 Å². The molecule has 4 nitrogen and oxygen atoms in total. The Hall–Kier alpha value is -2.49. The van der Waals surface area contributed by atoms with Gasteiger partial charge in [-0.15, -0.1) is 0 Å². The lowest BCUT2D eigenvalue weighted by molar-refractivity contribution is -0.131. The lowest BCUT2D eigenvalue weighted by Gasteiger charge is -2.37. The number of rotatable bonds is 4. The normalized spacial score (nSPS) is 15.9. The largest absolute Gasteiger partial charge is 0.374 e. The van der Waals surface area contributed by atoms with E-state index in [-0.39, 0.29) is 11.9 Å². The standard InChI is InChI=1S/C20H25N3O/c1-16-7-6-8-18(15-16)21-17(2)20(24)23-13-11-22(12-14-23)19-9-4-3-5-10-19/h3-10,15,17,21H,11-14H2,1-2H3. The summed E-state index contributed by atoms with van der Waals surface area (Å²) in [5.74, 6) is 0.171. The molecule has 0 aliphatic carbocycles. The summed E-state index contributed by atoms with van der Waals surface area (Å²) in [6.45, 7) is 7.30. The first-order valence-corrected chi connectivity index (χ1v) is 8.55. The number of hydrogen-bond acceptors (Lipinski definition) is 3. The number of nitrogens with one attached hydrogen (secondary N) is 1. The monoisotopic (exact) mass is 323 g/mol. The quantitative estimate of drug-likeness (QED) is 0.939. The molecule has 0 aromatic heterocycles. The predicted molar refractivity (Wildman–Crippen MR) is 99.5 cm³/mol. The number of hydrogen-bond donors (Lipinski definition) is 1. The maximum atomic E-state index is 12.7. The van der Waals surface area contributed by atoms with Crippen molar-refractivity contribution in [2.75, 3.05) is 36.4 Å². The van der Waals surface area contributed by atoms with Crippen LogP contribution >= 0.6 is 0 Å². The first-order valence-electron chi connectivity index (χ1n) is 8.55. The van der Waals surface area contributed by atoms with E-state index >= 15 is 0 Å². The molecular weight excluding hydrogens is 298 g/mol. The third kappa shape index (κ3) is 3.88. The minimum atomic E-state index is -0.213. The van der Waals surface area contributed by atoms with Crippen molar-refractivity contribution in [2.24, 2.45) is 0 Å². The molecule has 2 aromatic carbocycles.